The first-order valence-corrected chi connectivity index (χ1v) is 6.99. The van der Waals surface area contributed by atoms with Crippen LogP contribution in [0.4, 0.5) is 0 Å². The van der Waals surface area contributed by atoms with E-state index in [0.29, 0.717) is 19.1 Å². The standard InChI is InChI=1S/C15H20N2O2/c16-8-13(10-5-6-10)17-15(18)12-7-11-3-1-2-4-14(11)19-9-12/h1-4,10,12-13H,5-9,16H2,(H,17,18). The van der Waals surface area contributed by atoms with Gasteiger partial charge in [0.05, 0.1) is 5.92 Å². The van der Waals surface area contributed by atoms with Crippen molar-refractivity contribution in [3.63, 3.8) is 0 Å². The van der Waals surface area contributed by atoms with Crippen molar-refractivity contribution in [2.45, 2.75) is 25.3 Å². The lowest BCUT2D eigenvalue weighted by atomic mass is 9.95. The lowest BCUT2D eigenvalue weighted by molar-refractivity contribution is -0.127. The summed E-state index contributed by atoms with van der Waals surface area (Å²) in [6.07, 6.45) is 3.13. The van der Waals surface area contributed by atoms with E-state index >= 15 is 0 Å². The van der Waals surface area contributed by atoms with Crippen molar-refractivity contribution < 1.29 is 9.53 Å². The van der Waals surface area contributed by atoms with Gasteiger partial charge in [0.25, 0.3) is 0 Å². The molecule has 0 bridgehead atoms. The number of hydrogen-bond donors (Lipinski definition) is 2. The Labute approximate surface area is 113 Å². The predicted octanol–water partition coefficient (Wildman–Crippen LogP) is 1.09. The fourth-order valence-corrected chi connectivity index (χ4v) is 2.66. The van der Waals surface area contributed by atoms with Crippen LogP contribution >= 0.6 is 0 Å². The zero-order valence-electron chi connectivity index (χ0n) is 11.0. The Balaban J connectivity index is 1.62. The Morgan fingerprint density at radius 1 is 1.42 bits per heavy atom. The summed E-state index contributed by atoms with van der Waals surface area (Å²) in [4.78, 5) is 12.3. The number of carbonyl (C=O) groups is 1. The molecule has 2 atom stereocenters. The fourth-order valence-electron chi connectivity index (χ4n) is 2.66. The third-order valence-electron chi connectivity index (χ3n) is 4.02. The molecule has 2 aliphatic rings. The molecule has 4 nitrogen and oxygen atoms in total. The predicted molar refractivity (Wildman–Crippen MR) is 72.8 cm³/mol. The molecule has 1 heterocycles. The first kappa shape index (κ1) is 12.5. The van der Waals surface area contributed by atoms with Crippen LogP contribution in [0.5, 0.6) is 5.75 Å². The van der Waals surface area contributed by atoms with Gasteiger partial charge in [-0.2, -0.15) is 0 Å². The monoisotopic (exact) mass is 260 g/mol. The van der Waals surface area contributed by atoms with Crippen molar-refractivity contribution in [2.24, 2.45) is 17.6 Å². The Hall–Kier alpha value is -1.55. The van der Waals surface area contributed by atoms with E-state index in [-0.39, 0.29) is 17.9 Å². The molecule has 1 fully saturated rings. The molecule has 0 radical (unpaired) electrons. The van der Waals surface area contributed by atoms with Gasteiger partial charge in [-0.1, -0.05) is 18.2 Å². The van der Waals surface area contributed by atoms with Crippen molar-refractivity contribution >= 4 is 5.91 Å². The van der Waals surface area contributed by atoms with E-state index in [9.17, 15) is 4.79 Å². The Morgan fingerprint density at radius 3 is 2.95 bits per heavy atom. The van der Waals surface area contributed by atoms with E-state index in [1.54, 1.807) is 0 Å². The molecular formula is C15H20N2O2. The van der Waals surface area contributed by atoms with E-state index in [1.165, 1.54) is 12.8 Å². The fraction of sp³-hybridized carbons (Fsp3) is 0.533. The molecule has 0 saturated heterocycles. The van der Waals surface area contributed by atoms with Crippen LogP contribution in [-0.2, 0) is 11.2 Å². The van der Waals surface area contributed by atoms with E-state index < -0.39 is 0 Å². The zero-order chi connectivity index (χ0) is 13.2. The maximum absolute atomic E-state index is 12.3. The summed E-state index contributed by atoms with van der Waals surface area (Å²) in [6, 6.07) is 8.06. The molecule has 1 aliphatic carbocycles. The van der Waals surface area contributed by atoms with Crippen LogP contribution in [0, 0.1) is 11.8 Å². The molecule has 3 N–H and O–H groups in total. The zero-order valence-corrected chi connectivity index (χ0v) is 11.0. The summed E-state index contributed by atoms with van der Waals surface area (Å²) in [7, 11) is 0. The highest BCUT2D eigenvalue weighted by Crippen LogP contribution is 2.33. The van der Waals surface area contributed by atoms with Crippen LogP contribution in [0.25, 0.3) is 0 Å². The second kappa shape index (κ2) is 5.21. The third-order valence-corrected chi connectivity index (χ3v) is 4.02. The summed E-state index contributed by atoms with van der Waals surface area (Å²) in [5.41, 5.74) is 6.84. The largest absolute Gasteiger partial charge is 0.492 e. The number of para-hydroxylation sites is 1. The van der Waals surface area contributed by atoms with Gasteiger partial charge >= 0.3 is 0 Å². The van der Waals surface area contributed by atoms with E-state index in [2.05, 4.69) is 5.32 Å². The molecule has 4 heteroatoms. The first-order valence-electron chi connectivity index (χ1n) is 6.99. The maximum Gasteiger partial charge on any atom is 0.227 e. The highest BCUT2D eigenvalue weighted by Gasteiger charge is 2.33. The molecule has 19 heavy (non-hydrogen) atoms. The van der Waals surface area contributed by atoms with E-state index in [4.69, 9.17) is 10.5 Å². The van der Waals surface area contributed by atoms with E-state index in [1.807, 2.05) is 24.3 Å². The van der Waals surface area contributed by atoms with Crippen molar-refractivity contribution in [2.75, 3.05) is 13.2 Å². The smallest absolute Gasteiger partial charge is 0.227 e. The number of nitrogens with two attached hydrogens (primary N) is 1. The van der Waals surface area contributed by atoms with Gasteiger partial charge in [0.1, 0.15) is 12.4 Å². The molecule has 102 valence electrons. The minimum absolute atomic E-state index is 0.0804. The minimum Gasteiger partial charge on any atom is -0.492 e. The number of carbonyl (C=O) groups excluding carboxylic acids is 1. The van der Waals surface area contributed by atoms with E-state index in [0.717, 1.165) is 17.7 Å². The van der Waals surface area contributed by atoms with Crippen LogP contribution in [0.2, 0.25) is 0 Å². The quantitative estimate of drug-likeness (QED) is 0.852. The van der Waals surface area contributed by atoms with Gasteiger partial charge in [0, 0.05) is 12.6 Å². The summed E-state index contributed by atoms with van der Waals surface area (Å²) in [5, 5.41) is 3.09. The van der Waals surface area contributed by atoms with Crippen LogP contribution in [0.15, 0.2) is 24.3 Å². The highest BCUT2D eigenvalue weighted by atomic mass is 16.5. The molecule has 1 aromatic carbocycles. The lowest BCUT2D eigenvalue weighted by Crippen LogP contribution is -2.46. The van der Waals surface area contributed by atoms with Gasteiger partial charge in [-0.15, -0.1) is 0 Å². The maximum atomic E-state index is 12.3. The highest BCUT2D eigenvalue weighted by molar-refractivity contribution is 5.80. The Bertz CT molecular complexity index is 471. The molecule has 1 aliphatic heterocycles. The number of amides is 1. The first-order chi connectivity index (χ1) is 9.28. The van der Waals surface area contributed by atoms with Gasteiger partial charge < -0.3 is 15.8 Å². The molecule has 2 unspecified atom stereocenters. The van der Waals surface area contributed by atoms with Crippen molar-refractivity contribution in [3.8, 4) is 5.75 Å². The van der Waals surface area contributed by atoms with Gasteiger partial charge in [-0.3, -0.25) is 4.79 Å². The molecule has 1 aromatic rings. The van der Waals surface area contributed by atoms with Crippen LogP contribution in [0.3, 0.4) is 0 Å². The number of fused-ring (bicyclic) bond motifs is 1. The van der Waals surface area contributed by atoms with Crippen LogP contribution in [-0.4, -0.2) is 25.1 Å². The summed E-state index contributed by atoms with van der Waals surface area (Å²) in [5.74, 6) is 1.48. The second-order valence-electron chi connectivity index (χ2n) is 5.51. The van der Waals surface area contributed by atoms with Crippen molar-refractivity contribution in [3.05, 3.63) is 29.8 Å². The summed E-state index contributed by atoms with van der Waals surface area (Å²) >= 11 is 0. The molecule has 1 saturated carbocycles. The molecule has 0 spiro atoms. The van der Waals surface area contributed by atoms with Gasteiger partial charge in [0.15, 0.2) is 0 Å². The SMILES string of the molecule is NCC(NC(=O)C1COc2ccccc2C1)C1CC1. The molecule has 3 rings (SSSR count). The van der Waals surface area contributed by atoms with Crippen LogP contribution < -0.4 is 15.8 Å². The topological polar surface area (TPSA) is 64.3 Å². The number of rotatable bonds is 4. The summed E-state index contributed by atoms with van der Waals surface area (Å²) < 4.78 is 5.66. The van der Waals surface area contributed by atoms with Gasteiger partial charge in [-0.05, 0) is 36.8 Å². The molecule has 0 aromatic heterocycles. The number of ether oxygens (including phenoxy) is 1. The lowest BCUT2D eigenvalue weighted by Gasteiger charge is -2.26. The normalized spacial score (nSPS) is 23.1. The average Bonchev–Trinajstić information content (AvgIpc) is 3.28. The van der Waals surface area contributed by atoms with Gasteiger partial charge in [0.2, 0.25) is 5.91 Å². The minimum atomic E-state index is -0.0947. The Morgan fingerprint density at radius 2 is 2.21 bits per heavy atom. The van der Waals surface area contributed by atoms with Crippen LogP contribution in [0.1, 0.15) is 18.4 Å². The Kier molecular flexibility index (Phi) is 3.42. The van der Waals surface area contributed by atoms with Gasteiger partial charge in [-0.25, -0.2) is 0 Å². The van der Waals surface area contributed by atoms with Crippen molar-refractivity contribution in [1.29, 1.82) is 0 Å². The molecule has 1 amide bonds. The average molecular weight is 260 g/mol. The molecular weight excluding hydrogens is 240 g/mol. The number of benzene rings is 1. The second-order valence-corrected chi connectivity index (χ2v) is 5.51. The number of hydrogen-bond acceptors (Lipinski definition) is 3. The number of nitrogens with one attached hydrogen (secondary N) is 1. The van der Waals surface area contributed by atoms with Crippen molar-refractivity contribution in [1.82, 2.24) is 5.32 Å². The summed E-state index contributed by atoms with van der Waals surface area (Å²) in [6.45, 7) is 0.991. The third kappa shape index (κ3) is 2.73.